The van der Waals surface area contributed by atoms with E-state index in [0.717, 1.165) is 12.1 Å². The predicted octanol–water partition coefficient (Wildman–Crippen LogP) is 0.857. The summed E-state index contributed by atoms with van der Waals surface area (Å²) in [5, 5.41) is 10.4. The van der Waals surface area contributed by atoms with E-state index in [2.05, 4.69) is 36.5 Å². The first-order valence-corrected chi connectivity index (χ1v) is 6.37. The van der Waals surface area contributed by atoms with E-state index in [1.54, 1.807) is 4.68 Å². The van der Waals surface area contributed by atoms with Crippen molar-refractivity contribution in [3.05, 3.63) is 18.0 Å². The van der Waals surface area contributed by atoms with E-state index in [1.807, 2.05) is 19.3 Å². The normalized spacial score (nSPS) is 11.6. The maximum atomic E-state index is 11.5. The van der Waals surface area contributed by atoms with Gasteiger partial charge in [-0.1, -0.05) is 0 Å². The quantitative estimate of drug-likeness (QED) is 0.789. The molecule has 0 aliphatic rings. The third-order valence-corrected chi connectivity index (χ3v) is 2.48. The third kappa shape index (κ3) is 6.39. The van der Waals surface area contributed by atoms with Crippen molar-refractivity contribution in [3.63, 3.8) is 0 Å². The number of hydrogen-bond donors (Lipinski definition) is 2. The molecule has 0 aromatic carbocycles. The summed E-state index contributed by atoms with van der Waals surface area (Å²) in [6.45, 7) is 7.62. The minimum Gasteiger partial charge on any atom is -0.356 e. The van der Waals surface area contributed by atoms with E-state index >= 15 is 0 Å². The zero-order valence-electron chi connectivity index (χ0n) is 11.8. The van der Waals surface area contributed by atoms with Crippen LogP contribution in [0, 0.1) is 0 Å². The first-order valence-electron chi connectivity index (χ1n) is 6.37. The number of carbonyl (C=O) groups is 1. The van der Waals surface area contributed by atoms with Gasteiger partial charge in [-0.05, 0) is 26.8 Å². The average molecular weight is 252 g/mol. The van der Waals surface area contributed by atoms with Crippen LogP contribution in [0.5, 0.6) is 0 Å². The Bertz CT molecular complexity index is 379. The van der Waals surface area contributed by atoms with Gasteiger partial charge >= 0.3 is 0 Å². The molecule has 0 saturated carbocycles. The molecule has 0 saturated heterocycles. The molecule has 0 radical (unpaired) electrons. The molecule has 5 heteroatoms. The number of carbonyl (C=O) groups excluding carboxylic acids is 1. The number of amides is 1. The highest BCUT2D eigenvalue weighted by atomic mass is 16.1. The highest BCUT2D eigenvalue weighted by molar-refractivity contribution is 5.76. The fraction of sp³-hybridized carbons (Fsp3) is 0.692. The van der Waals surface area contributed by atoms with Crippen LogP contribution in [-0.2, 0) is 18.3 Å². The number of rotatable bonds is 6. The third-order valence-electron chi connectivity index (χ3n) is 2.48. The standard InChI is InChI=1S/C13H24N4O/c1-13(2,3)15-9-6-12(18)14-8-5-11-7-10-17(4)16-11/h7,10,15H,5-6,8-9H2,1-4H3,(H,14,18). The van der Waals surface area contributed by atoms with Gasteiger partial charge in [-0.25, -0.2) is 0 Å². The van der Waals surface area contributed by atoms with Crippen molar-refractivity contribution >= 4 is 5.91 Å². The Morgan fingerprint density at radius 2 is 2.11 bits per heavy atom. The molecular weight excluding hydrogens is 228 g/mol. The lowest BCUT2D eigenvalue weighted by Gasteiger charge is -2.20. The molecule has 1 rings (SSSR count). The van der Waals surface area contributed by atoms with Gasteiger partial charge in [-0.15, -0.1) is 0 Å². The number of nitrogens with one attached hydrogen (secondary N) is 2. The molecule has 1 aromatic heterocycles. The summed E-state index contributed by atoms with van der Waals surface area (Å²) in [5.41, 5.74) is 1.07. The predicted molar refractivity (Wildman–Crippen MR) is 72.3 cm³/mol. The highest BCUT2D eigenvalue weighted by Crippen LogP contribution is 1.98. The van der Waals surface area contributed by atoms with Crippen LogP contribution in [0.2, 0.25) is 0 Å². The van der Waals surface area contributed by atoms with Crippen LogP contribution in [0.25, 0.3) is 0 Å². The SMILES string of the molecule is Cn1ccc(CCNC(=O)CCNC(C)(C)C)n1. The summed E-state index contributed by atoms with van der Waals surface area (Å²) >= 11 is 0. The van der Waals surface area contributed by atoms with Crippen molar-refractivity contribution in [2.24, 2.45) is 7.05 Å². The zero-order chi connectivity index (χ0) is 13.6. The van der Waals surface area contributed by atoms with E-state index < -0.39 is 0 Å². The van der Waals surface area contributed by atoms with E-state index in [-0.39, 0.29) is 11.4 Å². The molecule has 0 aliphatic heterocycles. The molecule has 0 atom stereocenters. The molecule has 18 heavy (non-hydrogen) atoms. The van der Waals surface area contributed by atoms with E-state index in [1.165, 1.54) is 0 Å². The second-order valence-electron chi connectivity index (χ2n) is 5.51. The molecule has 0 bridgehead atoms. The fourth-order valence-corrected chi connectivity index (χ4v) is 1.57. The lowest BCUT2D eigenvalue weighted by Crippen LogP contribution is -2.38. The first-order chi connectivity index (χ1) is 8.37. The second-order valence-corrected chi connectivity index (χ2v) is 5.51. The van der Waals surface area contributed by atoms with Crippen LogP contribution in [0.4, 0.5) is 0 Å². The summed E-state index contributed by atoms with van der Waals surface area (Å²) in [5.74, 6) is 0.0858. The largest absolute Gasteiger partial charge is 0.356 e. The van der Waals surface area contributed by atoms with Crippen LogP contribution in [-0.4, -0.2) is 34.3 Å². The molecular formula is C13H24N4O. The Hall–Kier alpha value is -1.36. The van der Waals surface area contributed by atoms with Gasteiger partial charge in [0.25, 0.3) is 0 Å². The van der Waals surface area contributed by atoms with Gasteiger partial charge in [0, 0.05) is 44.7 Å². The number of aryl methyl sites for hydroxylation is 1. The summed E-state index contributed by atoms with van der Waals surface area (Å²) < 4.78 is 1.77. The Morgan fingerprint density at radius 1 is 1.39 bits per heavy atom. The van der Waals surface area contributed by atoms with Crippen molar-refractivity contribution < 1.29 is 4.79 Å². The fourth-order valence-electron chi connectivity index (χ4n) is 1.57. The molecule has 102 valence electrons. The number of hydrogen-bond acceptors (Lipinski definition) is 3. The summed E-state index contributed by atoms with van der Waals surface area (Å²) in [7, 11) is 1.89. The first kappa shape index (κ1) is 14.7. The van der Waals surface area contributed by atoms with Crippen molar-refractivity contribution in [3.8, 4) is 0 Å². The van der Waals surface area contributed by atoms with Crippen LogP contribution in [0.15, 0.2) is 12.3 Å². The van der Waals surface area contributed by atoms with E-state index in [4.69, 9.17) is 0 Å². The second kappa shape index (κ2) is 6.54. The molecule has 1 amide bonds. The maximum absolute atomic E-state index is 11.5. The zero-order valence-corrected chi connectivity index (χ0v) is 11.8. The van der Waals surface area contributed by atoms with Crippen molar-refractivity contribution in [2.45, 2.75) is 39.2 Å². The molecule has 0 fully saturated rings. The van der Waals surface area contributed by atoms with Gasteiger partial charge in [-0.3, -0.25) is 9.48 Å². The summed E-state index contributed by atoms with van der Waals surface area (Å²) in [4.78, 5) is 11.5. The van der Waals surface area contributed by atoms with E-state index in [0.29, 0.717) is 19.5 Å². The van der Waals surface area contributed by atoms with Crippen LogP contribution < -0.4 is 10.6 Å². The lowest BCUT2D eigenvalue weighted by atomic mass is 10.1. The monoisotopic (exact) mass is 252 g/mol. The van der Waals surface area contributed by atoms with Gasteiger partial charge in [-0.2, -0.15) is 5.10 Å². The maximum Gasteiger partial charge on any atom is 0.221 e. The van der Waals surface area contributed by atoms with Gasteiger partial charge in [0.1, 0.15) is 0 Å². The topological polar surface area (TPSA) is 59.0 Å². The minimum atomic E-state index is 0.0637. The van der Waals surface area contributed by atoms with E-state index in [9.17, 15) is 4.79 Å². The van der Waals surface area contributed by atoms with Crippen molar-refractivity contribution in [1.82, 2.24) is 20.4 Å². The smallest absolute Gasteiger partial charge is 0.221 e. The Morgan fingerprint density at radius 3 is 2.67 bits per heavy atom. The number of nitrogens with zero attached hydrogens (tertiary/aromatic N) is 2. The van der Waals surface area contributed by atoms with Crippen LogP contribution >= 0.6 is 0 Å². The molecule has 2 N–H and O–H groups in total. The van der Waals surface area contributed by atoms with Gasteiger partial charge in [0.2, 0.25) is 5.91 Å². The van der Waals surface area contributed by atoms with Crippen molar-refractivity contribution in [1.29, 1.82) is 0 Å². The Balaban J connectivity index is 2.10. The molecule has 0 spiro atoms. The van der Waals surface area contributed by atoms with Gasteiger partial charge < -0.3 is 10.6 Å². The molecule has 0 aliphatic carbocycles. The van der Waals surface area contributed by atoms with Crippen molar-refractivity contribution in [2.75, 3.05) is 13.1 Å². The molecule has 1 aromatic rings. The molecule has 5 nitrogen and oxygen atoms in total. The molecule has 1 heterocycles. The Labute approximate surface area is 109 Å². The van der Waals surface area contributed by atoms with Gasteiger partial charge in [0.05, 0.1) is 5.69 Å². The summed E-state index contributed by atoms with van der Waals surface area (Å²) in [6.07, 6.45) is 3.20. The summed E-state index contributed by atoms with van der Waals surface area (Å²) in [6, 6.07) is 1.97. The molecule has 0 unspecified atom stereocenters. The highest BCUT2D eigenvalue weighted by Gasteiger charge is 2.09. The average Bonchev–Trinajstić information content (AvgIpc) is 2.62. The Kier molecular flexibility index (Phi) is 5.34. The van der Waals surface area contributed by atoms with Gasteiger partial charge in [0.15, 0.2) is 0 Å². The minimum absolute atomic E-state index is 0.0637. The van der Waals surface area contributed by atoms with Crippen LogP contribution in [0.3, 0.4) is 0 Å². The van der Waals surface area contributed by atoms with Crippen LogP contribution in [0.1, 0.15) is 32.9 Å². The number of aromatic nitrogens is 2. The lowest BCUT2D eigenvalue weighted by molar-refractivity contribution is -0.121.